The number of carbonyl (C=O) groups excluding carboxylic acids is 1. The van der Waals surface area contributed by atoms with Gasteiger partial charge < -0.3 is 4.90 Å². The minimum atomic E-state index is -0.243. The van der Waals surface area contributed by atoms with Gasteiger partial charge in [0.2, 0.25) is 5.91 Å². The van der Waals surface area contributed by atoms with Gasteiger partial charge in [0.1, 0.15) is 0 Å². The van der Waals surface area contributed by atoms with Crippen LogP contribution >= 0.6 is 11.8 Å². The molecule has 0 aromatic rings. The van der Waals surface area contributed by atoms with Crippen LogP contribution in [0.15, 0.2) is 0 Å². The van der Waals surface area contributed by atoms with Crippen LogP contribution in [-0.4, -0.2) is 36.4 Å². The Morgan fingerprint density at radius 1 is 1.42 bits per heavy atom. The van der Waals surface area contributed by atoms with Crippen LogP contribution in [0.25, 0.3) is 0 Å². The molecule has 3 heteroatoms. The monoisotopic (exact) mass is 189 g/mol. The van der Waals surface area contributed by atoms with Gasteiger partial charge in [-0.05, 0) is 6.26 Å². The lowest BCUT2D eigenvalue weighted by atomic mass is 9.95. The Morgan fingerprint density at radius 2 is 1.92 bits per heavy atom. The standard InChI is InChI=1S/C9H19NOS/c1-9(2,3)8(11)10(4)6-7-12-5/h6-7H2,1-5H3. The molecule has 0 N–H and O–H groups in total. The maximum absolute atomic E-state index is 11.6. The van der Waals surface area contributed by atoms with E-state index in [4.69, 9.17) is 0 Å². The van der Waals surface area contributed by atoms with Gasteiger partial charge in [0.25, 0.3) is 0 Å². The Balaban J connectivity index is 3.94. The molecule has 0 aromatic carbocycles. The number of carbonyl (C=O) groups is 1. The van der Waals surface area contributed by atoms with Crippen molar-refractivity contribution in [1.82, 2.24) is 4.90 Å². The number of hydrogen-bond donors (Lipinski definition) is 0. The predicted molar refractivity (Wildman–Crippen MR) is 55.5 cm³/mol. The van der Waals surface area contributed by atoms with Gasteiger partial charge in [-0.1, -0.05) is 20.8 Å². The zero-order valence-corrected chi connectivity index (χ0v) is 9.49. The Hall–Kier alpha value is -0.180. The Bertz CT molecular complexity index is 151. The molecule has 12 heavy (non-hydrogen) atoms. The molecule has 0 bridgehead atoms. The molecule has 0 spiro atoms. The molecule has 0 rings (SSSR count). The normalized spacial score (nSPS) is 11.4. The van der Waals surface area contributed by atoms with E-state index in [1.807, 2.05) is 27.8 Å². The van der Waals surface area contributed by atoms with Crippen LogP contribution in [0.4, 0.5) is 0 Å². The highest BCUT2D eigenvalue weighted by atomic mass is 32.2. The van der Waals surface area contributed by atoms with Crippen molar-refractivity contribution >= 4 is 17.7 Å². The van der Waals surface area contributed by atoms with Gasteiger partial charge in [-0.2, -0.15) is 11.8 Å². The summed E-state index contributed by atoms with van der Waals surface area (Å²) in [4.78, 5) is 13.4. The van der Waals surface area contributed by atoms with Gasteiger partial charge in [0.15, 0.2) is 0 Å². The first-order valence-electron chi connectivity index (χ1n) is 4.14. The summed E-state index contributed by atoms with van der Waals surface area (Å²) in [7, 11) is 1.86. The van der Waals surface area contributed by atoms with Gasteiger partial charge in [-0.25, -0.2) is 0 Å². The second-order valence-electron chi connectivity index (χ2n) is 3.97. The van der Waals surface area contributed by atoms with Crippen molar-refractivity contribution in [2.24, 2.45) is 5.41 Å². The molecule has 0 aliphatic heterocycles. The number of hydrogen-bond acceptors (Lipinski definition) is 2. The van der Waals surface area contributed by atoms with E-state index in [1.54, 1.807) is 16.7 Å². The van der Waals surface area contributed by atoms with E-state index in [1.165, 1.54) is 0 Å². The van der Waals surface area contributed by atoms with Crippen molar-refractivity contribution in [2.45, 2.75) is 20.8 Å². The molecule has 72 valence electrons. The molecule has 0 heterocycles. The molecule has 0 aliphatic rings. The highest BCUT2D eigenvalue weighted by Crippen LogP contribution is 2.16. The van der Waals surface area contributed by atoms with Crippen molar-refractivity contribution in [3.05, 3.63) is 0 Å². The van der Waals surface area contributed by atoms with Crippen LogP contribution in [0.2, 0.25) is 0 Å². The first-order chi connectivity index (χ1) is 5.39. The molecule has 0 aliphatic carbocycles. The maximum atomic E-state index is 11.6. The smallest absolute Gasteiger partial charge is 0.227 e. The summed E-state index contributed by atoms with van der Waals surface area (Å²) in [5.41, 5.74) is -0.243. The van der Waals surface area contributed by atoms with Crippen molar-refractivity contribution in [3.8, 4) is 0 Å². The zero-order valence-electron chi connectivity index (χ0n) is 8.68. The van der Waals surface area contributed by atoms with Crippen LogP contribution in [0, 0.1) is 5.41 Å². The Labute approximate surface area is 79.7 Å². The van der Waals surface area contributed by atoms with E-state index in [0.29, 0.717) is 0 Å². The van der Waals surface area contributed by atoms with Gasteiger partial charge in [0.05, 0.1) is 0 Å². The second kappa shape index (κ2) is 4.75. The highest BCUT2D eigenvalue weighted by Gasteiger charge is 2.24. The van der Waals surface area contributed by atoms with E-state index in [-0.39, 0.29) is 11.3 Å². The largest absolute Gasteiger partial charge is 0.344 e. The SMILES string of the molecule is CSCCN(C)C(=O)C(C)(C)C. The minimum absolute atomic E-state index is 0.219. The lowest BCUT2D eigenvalue weighted by Gasteiger charge is -2.25. The highest BCUT2D eigenvalue weighted by molar-refractivity contribution is 7.98. The molecule has 0 saturated carbocycles. The first-order valence-corrected chi connectivity index (χ1v) is 5.53. The third-order valence-electron chi connectivity index (χ3n) is 1.62. The molecule has 0 fully saturated rings. The van der Waals surface area contributed by atoms with Crippen molar-refractivity contribution in [2.75, 3.05) is 25.6 Å². The number of rotatable bonds is 3. The Morgan fingerprint density at radius 3 is 2.25 bits per heavy atom. The fourth-order valence-electron chi connectivity index (χ4n) is 0.902. The minimum Gasteiger partial charge on any atom is -0.344 e. The third-order valence-corrected chi connectivity index (χ3v) is 2.21. The lowest BCUT2D eigenvalue weighted by molar-refractivity contribution is -0.137. The number of thioether (sulfide) groups is 1. The van der Waals surface area contributed by atoms with Gasteiger partial charge in [-0.3, -0.25) is 4.79 Å². The molecular formula is C9H19NOS. The topological polar surface area (TPSA) is 20.3 Å². The summed E-state index contributed by atoms with van der Waals surface area (Å²) in [5, 5.41) is 0. The molecule has 0 saturated heterocycles. The van der Waals surface area contributed by atoms with Crippen LogP contribution in [0.1, 0.15) is 20.8 Å². The summed E-state index contributed by atoms with van der Waals surface area (Å²) in [6.45, 7) is 6.69. The van der Waals surface area contributed by atoms with E-state index in [9.17, 15) is 4.79 Å². The predicted octanol–water partition coefficient (Wildman–Crippen LogP) is 1.85. The lowest BCUT2D eigenvalue weighted by Crippen LogP contribution is -2.37. The van der Waals surface area contributed by atoms with E-state index >= 15 is 0 Å². The van der Waals surface area contributed by atoms with Crippen LogP contribution < -0.4 is 0 Å². The third kappa shape index (κ3) is 4.00. The fourth-order valence-corrected chi connectivity index (χ4v) is 1.36. The molecule has 0 atom stereocenters. The summed E-state index contributed by atoms with van der Waals surface area (Å²) >= 11 is 1.76. The average Bonchev–Trinajstić information content (AvgIpc) is 1.97. The van der Waals surface area contributed by atoms with Crippen LogP contribution in [0.5, 0.6) is 0 Å². The molecule has 1 amide bonds. The van der Waals surface area contributed by atoms with Crippen molar-refractivity contribution in [1.29, 1.82) is 0 Å². The summed E-state index contributed by atoms with van der Waals surface area (Å²) in [5.74, 6) is 1.23. The van der Waals surface area contributed by atoms with Gasteiger partial charge in [0, 0.05) is 24.8 Å². The molecule has 0 radical (unpaired) electrons. The van der Waals surface area contributed by atoms with E-state index in [2.05, 4.69) is 6.26 Å². The maximum Gasteiger partial charge on any atom is 0.227 e. The number of nitrogens with zero attached hydrogens (tertiary/aromatic N) is 1. The quantitative estimate of drug-likeness (QED) is 0.675. The van der Waals surface area contributed by atoms with Crippen LogP contribution in [0.3, 0.4) is 0 Å². The Kier molecular flexibility index (Phi) is 4.68. The second-order valence-corrected chi connectivity index (χ2v) is 4.96. The molecule has 0 unspecified atom stereocenters. The molecule has 0 aromatic heterocycles. The fraction of sp³-hybridized carbons (Fsp3) is 0.889. The zero-order chi connectivity index (χ0) is 9.78. The summed E-state index contributed by atoms with van der Waals surface area (Å²) in [6, 6.07) is 0. The average molecular weight is 189 g/mol. The molecular weight excluding hydrogens is 170 g/mol. The van der Waals surface area contributed by atoms with Gasteiger partial charge >= 0.3 is 0 Å². The summed E-state index contributed by atoms with van der Waals surface area (Å²) < 4.78 is 0. The first kappa shape index (κ1) is 11.8. The van der Waals surface area contributed by atoms with Crippen LogP contribution in [-0.2, 0) is 4.79 Å². The summed E-state index contributed by atoms with van der Waals surface area (Å²) in [6.07, 6.45) is 2.05. The van der Waals surface area contributed by atoms with Crippen molar-refractivity contribution in [3.63, 3.8) is 0 Å². The van der Waals surface area contributed by atoms with E-state index in [0.717, 1.165) is 12.3 Å². The number of amides is 1. The van der Waals surface area contributed by atoms with E-state index < -0.39 is 0 Å². The van der Waals surface area contributed by atoms with Crippen molar-refractivity contribution < 1.29 is 4.79 Å². The molecule has 2 nitrogen and oxygen atoms in total. The van der Waals surface area contributed by atoms with Gasteiger partial charge in [-0.15, -0.1) is 0 Å².